The lowest BCUT2D eigenvalue weighted by Gasteiger charge is -2.35. The molecule has 1 aromatic carbocycles. The molecular weight excluding hydrogens is 286 g/mol. The van der Waals surface area contributed by atoms with Crippen LogP contribution in [0.1, 0.15) is 18.4 Å². The number of fused-ring (bicyclic) bond motifs is 1. The fraction of sp³-hybridized carbons (Fsp3) is 0.389. The summed E-state index contributed by atoms with van der Waals surface area (Å²) in [7, 11) is 0. The zero-order valence-corrected chi connectivity index (χ0v) is 13.4. The van der Waals surface area contributed by atoms with Crippen molar-refractivity contribution in [2.45, 2.75) is 26.3 Å². The van der Waals surface area contributed by atoms with Gasteiger partial charge in [0.15, 0.2) is 0 Å². The molecule has 0 spiro atoms. The Morgan fingerprint density at radius 2 is 2.22 bits per heavy atom. The summed E-state index contributed by atoms with van der Waals surface area (Å²) in [6.07, 6.45) is 7.82. The van der Waals surface area contributed by atoms with Crippen LogP contribution in [-0.2, 0) is 6.54 Å². The molecule has 0 radical (unpaired) electrons. The predicted molar refractivity (Wildman–Crippen MR) is 91.4 cm³/mol. The minimum Gasteiger partial charge on any atom is -0.371 e. The number of benzene rings is 1. The molecule has 1 aliphatic heterocycles. The van der Waals surface area contributed by atoms with Crippen LogP contribution in [0.3, 0.4) is 0 Å². The number of piperidine rings is 1. The van der Waals surface area contributed by atoms with E-state index in [4.69, 9.17) is 0 Å². The van der Waals surface area contributed by atoms with Crippen molar-refractivity contribution in [2.24, 2.45) is 5.92 Å². The molecule has 0 amide bonds. The van der Waals surface area contributed by atoms with E-state index in [0.29, 0.717) is 5.92 Å². The molecule has 0 saturated carbocycles. The van der Waals surface area contributed by atoms with E-state index in [2.05, 4.69) is 51.2 Å². The molecule has 0 N–H and O–H groups in total. The van der Waals surface area contributed by atoms with Crippen LogP contribution >= 0.6 is 0 Å². The molecule has 118 valence electrons. The van der Waals surface area contributed by atoms with Crippen LogP contribution in [0.5, 0.6) is 0 Å². The molecule has 1 fully saturated rings. The van der Waals surface area contributed by atoms with Gasteiger partial charge in [0.25, 0.3) is 0 Å². The first-order chi connectivity index (χ1) is 11.3. The second-order valence-corrected chi connectivity index (χ2v) is 6.37. The molecule has 1 unspecified atom stereocenters. The number of aromatic nitrogens is 4. The van der Waals surface area contributed by atoms with E-state index < -0.39 is 0 Å². The molecule has 0 bridgehead atoms. The Morgan fingerprint density at radius 3 is 3.09 bits per heavy atom. The fourth-order valence-electron chi connectivity index (χ4n) is 3.61. The maximum Gasteiger partial charge on any atom is 0.137 e. The van der Waals surface area contributed by atoms with E-state index in [1.165, 1.54) is 29.5 Å². The average molecular weight is 307 g/mol. The lowest BCUT2D eigenvalue weighted by Crippen LogP contribution is -2.37. The summed E-state index contributed by atoms with van der Waals surface area (Å²) in [6, 6.07) is 8.59. The van der Waals surface area contributed by atoms with Crippen LogP contribution in [0.25, 0.3) is 10.9 Å². The van der Waals surface area contributed by atoms with Crippen molar-refractivity contribution in [3.8, 4) is 0 Å². The predicted octanol–water partition coefficient (Wildman–Crippen LogP) is 3.05. The minimum absolute atomic E-state index is 0.610. The van der Waals surface area contributed by atoms with Gasteiger partial charge in [-0.3, -0.25) is 9.67 Å². The van der Waals surface area contributed by atoms with Gasteiger partial charge in [-0.1, -0.05) is 18.2 Å². The highest BCUT2D eigenvalue weighted by atomic mass is 15.3. The van der Waals surface area contributed by atoms with E-state index in [9.17, 15) is 0 Å². The van der Waals surface area contributed by atoms with Crippen molar-refractivity contribution in [2.75, 3.05) is 18.0 Å². The first-order valence-electron chi connectivity index (χ1n) is 8.23. The van der Waals surface area contributed by atoms with Gasteiger partial charge in [0.2, 0.25) is 0 Å². The summed E-state index contributed by atoms with van der Waals surface area (Å²) in [5, 5.41) is 5.50. The van der Waals surface area contributed by atoms with Crippen molar-refractivity contribution < 1.29 is 0 Å². The second kappa shape index (κ2) is 5.99. The molecule has 1 aliphatic rings. The molecule has 4 rings (SSSR count). The zero-order valence-electron chi connectivity index (χ0n) is 13.4. The van der Waals surface area contributed by atoms with Crippen molar-refractivity contribution in [3.63, 3.8) is 0 Å². The highest BCUT2D eigenvalue weighted by Gasteiger charge is 2.22. The highest BCUT2D eigenvalue weighted by molar-refractivity contribution is 5.93. The molecule has 23 heavy (non-hydrogen) atoms. The Morgan fingerprint density at radius 1 is 1.26 bits per heavy atom. The van der Waals surface area contributed by atoms with Crippen molar-refractivity contribution >= 4 is 16.6 Å². The topological polar surface area (TPSA) is 46.8 Å². The summed E-state index contributed by atoms with van der Waals surface area (Å²) in [6.45, 7) is 5.25. The molecule has 1 saturated heterocycles. The van der Waals surface area contributed by atoms with E-state index in [1.807, 2.05) is 17.2 Å². The second-order valence-electron chi connectivity index (χ2n) is 6.37. The molecule has 5 nitrogen and oxygen atoms in total. The van der Waals surface area contributed by atoms with Gasteiger partial charge in [0, 0.05) is 36.9 Å². The number of aryl methyl sites for hydroxylation is 1. The Kier molecular flexibility index (Phi) is 3.69. The summed E-state index contributed by atoms with van der Waals surface area (Å²) in [5.74, 6) is 0.610. The summed E-state index contributed by atoms with van der Waals surface area (Å²) < 4.78 is 1.95. The van der Waals surface area contributed by atoms with Gasteiger partial charge in [-0.15, -0.1) is 0 Å². The first kappa shape index (κ1) is 14.2. The highest BCUT2D eigenvalue weighted by Crippen LogP contribution is 2.30. The van der Waals surface area contributed by atoms with Crippen LogP contribution in [0.4, 0.5) is 5.69 Å². The van der Waals surface area contributed by atoms with Gasteiger partial charge in [0.05, 0.1) is 5.52 Å². The van der Waals surface area contributed by atoms with Crippen LogP contribution in [0.15, 0.2) is 43.1 Å². The van der Waals surface area contributed by atoms with Crippen LogP contribution < -0.4 is 4.90 Å². The normalized spacial score (nSPS) is 18.5. The van der Waals surface area contributed by atoms with Gasteiger partial charge in [-0.05, 0) is 37.3 Å². The van der Waals surface area contributed by atoms with Gasteiger partial charge in [0.1, 0.15) is 12.7 Å². The van der Waals surface area contributed by atoms with E-state index >= 15 is 0 Å². The number of hydrogen-bond acceptors (Lipinski definition) is 4. The van der Waals surface area contributed by atoms with Gasteiger partial charge < -0.3 is 4.90 Å². The monoisotopic (exact) mass is 307 g/mol. The lowest BCUT2D eigenvalue weighted by molar-refractivity contribution is 0.352. The van der Waals surface area contributed by atoms with Crippen molar-refractivity contribution in [3.05, 3.63) is 48.7 Å². The maximum atomic E-state index is 4.57. The average Bonchev–Trinajstić information content (AvgIpc) is 3.08. The molecule has 2 aromatic heterocycles. The fourth-order valence-corrected chi connectivity index (χ4v) is 3.61. The van der Waals surface area contributed by atoms with Crippen molar-refractivity contribution in [1.82, 2.24) is 19.7 Å². The van der Waals surface area contributed by atoms with Gasteiger partial charge >= 0.3 is 0 Å². The quantitative estimate of drug-likeness (QED) is 0.746. The number of anilines is 1. The number of para-hydroxylation sites is 1. The molecule has 0 aliphatic carbocycles. The summed E-state index contributed by atoms with van der Waals surface area (Å²) in [5.41, 5.74) is 3.66. The first-order valence-corrected chi connectivity index (χ1v) is 8.23. The number of nitrogens with zero attached hydrogens (tertiary/aromatic N) is 5. The van der Waals surface area contributed by atoms with E-state index in [-0.39, 0.29) is 0 Å². The molecule has 3 heterocycles. The molecule has 1 atom stereocenters. The third-order valence-electron chi connectivity index (χ3n) is 4.72. The summed E-state index contributed by atoms with van der Waals surface area (Å²) in [4.78, 5) is 11.1. The van der Waals surface area contributed by atoms with Gasteiger partial charge in [-0.25, -0.2) is 4.98 Å². The molecule has 5 heteroatoms. The van der Waals surface area contributed by atoms with E-state index in [0.717, 1.165) is 25.2 Å². The minimum atomic E-state index is 0.610. The smallest absolute Gasteiger partial charge is 0.137 e. The number of rotatable bonds is 3. The summed E-state index contributed by atoms with van der Waals surface area (Å²) >= 11 is 0. The lowest BCUT2D eigenvalue weighted by atomic mass is 9.97. The van der Waals surface area contributed by atoms with Crippen LogP contribution in [0, 0.1) is 12.8 Å². The number of pyridine rings is 1. The Labute approximate surface area is 136 Å². The molecule has 3 aromatic rings. The maximum absolute atomic E-state index is 4.57. The Bertz CT molecular complexity index is 796. The molecular formula is C18H21N5. The third kappa shape index (κ3) is 2.79. The zero-order chi connectivity index (χ0) is 15.6. The number of hydrogen-bond donors (Lipinski definition) is 0. The largest absolute Gasteiger partial charge is 0.371 e. The third-order valence-corrected chi connectivity index (χ3v) is 4.72. The Balaban J connectivity index is 1.61. The Hall–Kier alpha value is -2.43. The van der Waals surface area contributed by atoms with Crippen molar-refractivity contribution in [1.29, 1.82) is 0 Å². The SMILES string of the molecule is Cc1cccc2c(N3CCCC(Cn4cncn4)C3)ccnc12. The van der Waals surface area contributed by atoms with Crippen LogP contribution in [-0.4, -0.2) is 32.8 Å². The van der Waals surface area contributed by atoms with Gasteiger partial charge in [-0.2, -0.15) is 5.10 Å². The van der Waals surface area contributed by atoms with E-state index in [1.54, 1.807) is 6.33 Å². The standard InChI is InChI=1S/C18H21N5/c1-14-4-2-6-16-17(7-8-20-18(14)16)22-9-3-5-15(10-22)11-23-13-19-12-21-23/h2,4,6-8,12-13,15H,3,5,9-11H2,1H3. The van der Waals surface area contributed by atoms with Crippen LogP contribution in [0.2, 0.25) is 0 Å².